The Morgan fingerprint density at radius 2 is 1.94 bits per heavy atom. The minimum absolute atomic E-state index is 0.0418. The molecule has 2 rings (SSSR count). The van der Waals surface area contributed by atoms with Crippen LogP contribution in [0.15, 0.2) is 25.3 Å². The molecule has 0 aromatic rings. The highest BCUT2D eigenvalue weighted by molar-refractivity contribution is 5.04. The summed E-state index contributed by atoms with van der Waals surface area (Å²) in [4.78, 5) is 0. The Morgan fingerprint density at radius 3 is 2.50 bits per heavy atom. The van der Waals surface area contributed by atoms with Crippen LogP contribution in [0.2, 0.25) is 0 Å². The molecule has 0 aromatic carbocycles. The molecule has 16 heavy (non-hydrogen) atoms. The maximum Gasteiger partial charge on any atom is 0.188 e. The van der Waals surface area contributed by atoms with Crippen LogP contribution < -0.4 is 0 Å². The molecule has 0 aliphatic carbocycles. The molecule has 2 aliphatic heterocycles. The van der Waals surface area contributed by atoms with E-state index < -0.39 is 5.79 Å². The average Bonchev–Trinajstić information content (AvgIpc) is 2.68. The van der Waals surface area contributed by atoms with Gasteiger partial charge in [0.05, 0.1) is 6.10 Å². The summed E-state index contributed by atoms with van der Waals surface area (Å²) >= 11 is 0. The molecule has 3 nitrogen and oxygen atoms in total. The second-order valence-corrected chi connectivity index (χ2v) is 4.98. The fourth-order valence-corrected chi connectivity index (χ4v) is 2.43. The molecule has 0 aromatic heterocycles. The predicted octanol–water partition coefficient (Wildman–Crippen LogP) is 2.49. The van der Waals surface area contributed by atoms with Gasteiger partial charge in [-0.25, -0.2) is 0 Å². The first-order valence-corrected chi connectivity index (χ1v) is 5.74. The quantitative estimate of drug-likeness (QED) is 0.689. The van der Waals surface area contributed by atoms with Gasteiger partial charge in [0.2, 0.25) is 0 Å². The highest BCUT2D eigenvalue weighted by Crippen LogP contribution is 2.43. The maximum absolute atomic E-state index is 5.89. The van der Waals surface area contributed by atoms with Crippen LogP contribution in [0.5, 0.6) is 0 Å². The van der Waals surface area contributed by atoms with Gasteiger partial charge in [0.15, 0.2) is 12.1 Å². The van der Waals surface area contributed by atoms with E-state index in [1.807, 2.05) is 26.0 Å². The van der Waals surface area contributed by atoms with Gasteiger partial charge >= 0.3 is 0 Å². The van der Waals surface area contributed by atoms with Crippen LogP contribution in [-0.2, 0) is 14.2 Å². The molecular weight excluding hydrogens is 204 g/mol. The van der Waals surface area contributed by atoms with Crippen molar-refractivity contribution in [3.8, 4) is 0 Å². The van der Waals surface area contributed by atoms with Crippen molar-refractivity contribution in [2.45, 2.75) is 45.1 Å². The standard InChI is InChI=1S/C13H20O3/c1-6-8(3)10-9(7-2)11-12(14-10)16-13(4,5)15-11/h6-12H,1-2H2,3-5H3/t8?,9-,10-,11-,12-/m1/s1. The summed E-state index contributed by atoms with van der Waals surface area (Å²) in [6, 6.07) is 0. The van der Waals surface area contributed by atoms with Crippen LogP contribution in [0, 0.1) is 11.8 Å². The van der Waals surface area contributed by atoms with Crippen molar-refractivity contribution >= 4 is 0 Å². The lowest BCUT2D eigenvalue weighted by atomic mass is 9.90. The molecule has 0 bridgehead atoms. The third-order valence-electron chi connectivity index (χ3n) is 3.30. The van der Waals surface area contributed by atoms with E-state index in [1.165, 1.54) is 0 Å². The molecular formula is C13H20O3. The summed E-state index contributed by atoms with van der Waals surface area (Å²) < 4.78 is 17.4. The lowest BCUT2D eigenvalue weighted by Gasteiger charge is -2.26. The van der Waals surface area contributed by atoms with Crippen molar-refractivity contribution in [1.29, 1.82) is 0 Å². The SMILES string of the molecule is C=CC(C)[C@H]1O[C@@H]2OC(C)(C)O[C@@H]2[C@@H]1C=C. The highest BCUT2D eigenvalue weighted by Gasteiger charge is 2.54. The van der Waals surface area contributed by atoms with E-state index in [1.54, 1.807) is 0 Å². The van der Waals surface area contributed by atoms with Crippen LogP contribution in [0.3, 0.4) is 0 Å². The van der Waals surface area contributed by atoms with Gasteiger partial charge in [-0.1, -0.05) is 19.1 Å². The second kappa shape index (κ2) is 3.99. The van der Waals surface area contributed by atoms with Gasteiger partial charge in [0, 0.05) is 11.8 Å². The van der Waals surface area contributed by atoms with E-state index in [0.29, 0.717) is 0 Å². The summed E-state index contributed by atoms with van der Waals surface area (Å²) in [6.07, 6.45) is 3.54. The fraction of sp³-hybridized carbons (Fsp3) is 0.692. The molecule has 0 spiro atoms. The lowest BCUT2D eigenvalue weighted by molar-refractivity contribution is -0.211. The van der Waals surface area contributed by atoms with E-state index in [2.05, 4.69) is 20.1 Å². The van der Waals surface area contributed by atoms with E-state index in [-0.39, 0.29) is 30.3 Å². The number of hydrogen-bond donors (Lipinski definition) is 0. The topological polar surface area (TPSA) is 27.7 Å². The zero-order valence-electron chi connectivity index (χ0n) is 10.2. The molecule has 3 heteroatoms. The molecule has 2 aliphatic rings. The molecule has 2 saturated heterocycles. The molecule has 0 radical (unpaired) electrons. The smallest absolute Gasteiger partial charge is 0.188 e. The Kier molecular flexibility index (Phi) is 2.95. The number of ether oxygens (including phenoxy) is 3. The Hall–Kier alpha value is -0.640. The Labute approximate surface area is 97.1 Å². The van der Waals surface area contributed by atoms with Crippen LogP contribution in [-0.4, -0.2) is 24.3 Å². The molecule has 1 unspecified atom stereocenters. The van der Waals surface area contributed by atoms with E-state index in [0.717, 1.165) is 0 Å². The zero-order chi connectivity index (χ0) is 11.9. The van der Waals surface area contributed by atoms with Crippen molar-refractivity contribution in [2.75, 3.05) is 0 Å². The average molecular weight is 224 g/mol. The fourth-order valence-electron chi connectivity index (χ4n) is 2.43. The van der Waals surface area contributed by atoms with Crippen molar-refractivity contribution in [3.05, 3.63) is 25.3 Å². The highest BCUT2D eigenvalue weighted by atomic mass is 16.8. The van der Waals surface area contributed by atoms with Gasteiger partial charge < -0.3 is 14.2 Å². The van der Waals surface area contributed by atoms with Gasteiger partial charge in [0.25, 0.3) is 0 Å². The Balaban J connectivity index is 2.15. The first-order valence-electron chi connectivity index (χ1n) is 5.74. The third-order valence-corrected chi connectivity index (χ3v) is 3.30. The monoisotopic (exact) mass is 224 g/mol. The van der Waals surface area contributed by atoms with Crippen molar-refractivity contribution in [3.63, 3.8) is 0 Å². The van der Waals surface area contributed by atoms with Crippen molar-refractivity contribution in [1.82, 2.24) is 0 Å². The van der Waals surface area contributed by atoms with Gasteiger partial charge in [-0.15, -0.1) is 13.2 Å². The van der Waals surface area contributed by atoms with Gasteiger partial charge in [0.1, 0.15) is 6.10 Å². The lowest BCUT2D eigenvalue weighted by Crippen LogP contribution is -2.31. The first-order chi connectivity index (χ1) is 7.48. The summed E-state index contributed by atoms with van der Waals surface area (Å²) in [7, 11) is 0. The minimum Gasteiger partial charge on any atom is -0.345 e. The molecule has 0 N–H and O–H groups in total. The number of fused-ring (bicyclic) bond motifs is 1. The molecule has 5 atom stereocenters. The van der Waals surface area contributed by atoms with E-state index in [9.17, 15) is 0 Å². The van der Waals surface area contributed by atoms with Crippen LogP contribution in [0.4, 0.5) is 0 Å². The predicted molar refractivity (Wildman–Crippen MR) is 61.7 cm³/mol. The summed E-state index contributed by atoms with van der Waals surface area (Å²) in [5, 5.41) is 0. The van der Waals surface area contributed by atoms with Gasteiger partial charge in [-0.3, -0.25) is 0 Å². The molecule has 2 fully saturated rings. The molecule has 0 saturated carbocycles. The Bertz CT molecular complexity index is 298. The summed E-state index contributed by atoms with van der Waals surface area (Å²) in [6.45, 7) is 13.6. The van der Waals surface area contributed by atoms with Crippen LogP contribution in [0.25, 0.3) is 0 Å². The van der Waals surface area contributed by atoms with E-state index >= 15 is 0 Å². The zero-order valence-corrected chi connectivity index (χ0v) is 10.2. The van der Waals surface area contributed by atoms with Crippen molar-refractivity contribution in [2.24, 2.45) is 11.8 Å². The number of rotatable bonds is 3. The minimum atomic E-state index is -0.557. The van der Waals surface area contributed by atoms with Gasteiger partial charge in [-0.05, 0) is 13.8 Å². The molecule has 0 amide bonds. The summed E-state index contributed by atoms with van der Waals surface area (Å²) in [5.74, 6) is -0.123. The normalized spacial score (nSPS) is 42.7. The van der Waals surface area contributed by atoms with Crippen LogP contribution in [0.1, 0.15) is 20.8 Å². The molecule has 2 heterocycles. The maximum atomic E-state index is 5.89. The van der Waals surface area contributed by atoms with Crippen LogP contribution >= 0.6 is 0 Å². The molecule has 90 valence electrons. The second-order valence-electron chi connectivity index (χ2n) is 4.98. The largest absolute Gasteiger partial charge is 0.345 e. The number of hydrogen-bond acceptors (Lipinski definition) is 3. The van der Waals surface area contributed by atoms with Crippen molar-refractivity contribution < 1.29 is 14.2 Å². The summed E-state index contributed by atoms with van der Waals surface area (Å²) in [5.41, 5.74) is 0. The first kappa shape index (κ1) is 11.8. The van der Waals surface area contributed by atoms with Gasteiger partial charge in [-0.2, -0.15) is 0 Å². The van der Waals surface area contributed by atoms with E-state index in [4.69, 9.17) is 14.2 Å². The Morgan fingerprint density at radius 1 is 1.25 bits per heavy atom. The third kappa shape index (κ3) is 1.83.